The van der Waals surface area contributed by atoms with Crippen LogP contribution in [-0.4, -0.2) is 33.8 Å². The maximum Gasteiger partial charge on any atom is 0.344 e. The highest BCUT2D eigenvalue weighted by molar-refractivity contribution is 7.99. The Morgan fingerprint density at radius 1 is 1.25 bits per heavy atom. The number of benzene rings is 1. The first-order valence-electron chi connectivity index (χ1n) is 6.42. The fourth-order valence-corrected chi connectivity index (χ4v) is 2.50. The molecule has 0 N–H and O–H groups in total. The fraction of sp³-hybridized carbons (Fsp3) is 0.286. The van der Waals surface area contributed by atoms with Crippen molar-refractivity contribution < 1.29 is 9.18 Å². The molecular weight excluding hydrogens is 277 g/mol. The third-order valence-electron chi connectivity index (χ3n) is 2.83. The molecule has 0 atom stereocenters. The number of hydrogen-bond acceptors (Lipinski definition) is 3. The second kappa shape index (κ2) is 6.56. The van der Waals surface area contributed by atoms with Crippen LogP contribution in [0.3, 0.4) is 0 Å². The second-order valence-electron chi connectivity index (χ2n) is 4.11. The normalized spacial score (nSPS) is 10.6. The number of carbonyl (C=O) groups excluding carboxylic acids is 1. The third-order valence-corrected chi connectivity index (χ3v) is 3.77. The molecule has 1 aromatic heterocycles. The number of nitrogens with zero attached hydrogens (tertiary/aromatic N) is 3. The van der Waals surface area contributed by atoms with Gasteiger partial charge in [0.2, 0.25) is 0 Å². The molecule has 0 saturated carbocycles. The highest BCUT2D eigenvalue weighted by Gasteiger charge is 2.13. The molecule has 4 nitrogen and oxygen atoms in total. The summed E-state index contributed by atoms with van der Waals surface area (Å²) in [5.74, 6) is -0.267. The van der Waals surface area contributed by atoms with E-state index in [1.165, 1.54) is 28.6 Å². The maximum absolute atomic E-state index is 12.8. The van der Waals surface area contributed by atoms with E-state index in [-0.39, 0.29) is 11.8 Å². The van der Waals surface area contributed by atoms with Gasteiger partial charge in [-0.25, -0.2) is 9.18 Å². The van der Waals surface area contributed by atoms with Gasteiger partial charge in [-0.1, -0.05) is 11.8 Å². The van der Waals surface area contributed by atoms with Crippen molar-refractivity contribution >= 4 is 17.8 Å². The summed E-state index contributed by atoms with van der Waals surface area (Å²) in [7, 11) is 0. The minimum atomic E-state index is -0.267. The van der Waals surface area contributed by atoms with Crippen molar-refractivity contribution in [1.82, 2.24) is 14.7 Å². The molecule has 1 heterocycles. The van der Waals surface area contributed by atoms with E-state index in [0.717, 1.165) is 4.90 Å². The fourth-order valence-electron chi connectivity index (χ4n) is 1.73. The molecule has 0 aliphatic carbocycles. The van der Waals surface area contributed by atoms with Crippen LogP contribution in [0.1, 0.15) is 13.8 Å². The van der Waals surface area contributed by atoms with E-state index in [0.29, 0.717) is 18.1 Å². The van der Waals surface area contributed by atoms with Crippen LogP contribution >= 0.6 is 11.8 Å². The number of rotatable bonds is 4. The van der Waals surface area contributed by atoms with Crippen LogP contribution < -0.4 is 0 Å². The average molecular weight is 293 g/mol. The lowest BCUT2D eigenvalue weighted by molar-refractivity contribution is 0.201. The molecule has 1 aromatic carbocycles. The summed E-state index contributed by atoms with van der Waals surface area (Å²) in [5, 5.41) is 4.95. The Morgan fingerprint density at radius 3 is 2.50 bits per heavy atom. The number of hydrogen-bond donors (Lipinski definition) is 0. The molecule has 106 valence electrons. The van der Waals surface area contributed by atoms with Crippen molar-refractivity contribution in [1.29, 1.82) is 0 Å². The molecule has 0 spiro atoms. The zero-order valence-corrected chi connectivity index (χ0v) is 12.2. The summed E-state index contributed by atoms with van der Waals surface area (Å²) in [5.41, 5.74) is 0. The van der Waals surface area contributed by atoms with Crippen molar-refractivity contribution in [2.24, 2.45) is 0 Å². The number of aromatic nitrogens is 2. The molecule has 1 amide bonds. The van der Waals surface area contributed by atoms with Gasteiger partial charge in [0.25, 0.3) is 0 Å². The maximum atomic E-state index is 12.8. The first kappa shape index (κ1) is 14.6. The van der Waals surface area contributed by atoms with Gasteiger partial charge >= 0.3 is 6.03 Å². The van der Waals surface area contributed by atoms with Crippen molar-refractivity contribution in [3.8, 4) is 0 Å². The van der Waals surface area contributed by atoms with Gasteiger partial charge in [0.15, 0.2) is 0 Å². The topological polar surface area (TPSA) is 38.1 Å². The summed E-state index contributed by atoms with van der Waals surface area (Å²) in [6, 6.07) is 7.81. The highest BCUT2D eigenvalue weighted by atomic mass is 32.2. The van der Waals surface area contributed by atoms with Crippen LogP contribution in [0, 0.1) is 5.82 Å². The zero-order chi connectivity index (χ0) is 14.5. The molecule has 0 unspecified atom stereocenters. The number of carbonyl (C=O) groups is 1. The lowest BCUT2D eigenvalue weighted by Gasteiger charge is -2.17. The van der Waals surface area contributed by atoms with E-state index < -0.39 is 0 Å². The summed E-state index contributed by atoms with van der Waals surface area (Å²) in [6.07, 6.45) is 1.65. The standard InChI is InChI=1S/C14H16FN3OS/c1-3-17(4-2)14(19)18-10-9-13(16-18)20-12-7-5-11(15)6-8-12/h5-10H,3-4H2,1-2H3. The minimum Gasteiger partial charge on any atom is -0.323 e. The smallest absolute Gasteiger partial charge is 0.323 e. The average Bonchev–Trinajstić information content (AvgIpc) is 2.91. The van der Waals surface area contributed by atoms with Crippen LogP contribution in [0.25, 0.3) is 0 Å². The quantitative estimate of drug-likeness (QED) is 0.866. The van der Waals surface area contributed by atoms with E-state index in [4.69, 9.17) is 0 Å². The Balaban J connectivity index is 2.09. The highest BCUT2D eigenvalue weighted by Crippen LogP contribution is 2.25. The minimum absolute atomic E-state index is 0.138. The molecule has 0 aliphatic heterocycles. The molecule has 0 bridgehead atoms. The van der Waals surface area contributed by atoms with E-state index in [1.54, 1.807) is 29.3 Å². The summed E-state index contributed by atoms with van der Waals surface area (Å²) >= 11 is 1.39. The van der Waals surface area contributed by atoms with Gasteiger partial charge in [-0.2, -0.15) is 9.78 Å². The zero-order valence-electron chi connectivity index (χ0n) is 11.4. The molecule has 0 aliphatic rings. The Kier molecular flexibility index (Phi) is 4.79. The monoisotopic (exact) mass is 293 g/mol. The van der Waals surface area contributed by atoms with Gasteiger partial charge in [-0.15, -0.1) is 0 Å². The number of halogens is 1. The van der Waals surface area contributed by atoms with Crippen molar-refractivity contribution in [2.45, 2.75) is 23.8 Å². The van der Waals surface area contributed by atoms with Gasteiger partial charge in [0.1, 0.15) is 10.8 Å². The van der Waals surface area contributed by atoms with Crippen molar-refractivity contribution in [2.75, 3.05) is 13.1 Å². The largest absolute Gasteiger partial charge is 0.344 e. The SMILES string of the molecule is CCN(CC)C(=O)n1ccc(Sc2ccc(F)cc2)n1. The Labute approximate surface area is 121 Å². The van der Waals surface area contributed by atoms with Crippen LogP contribution in [0.4, 0.5) is 9.18 Å². The van der Waals surface area contributed by atoms with Crippen LogP contribution in [-0.2, 0) is 0 Å². The lowest BCUT2D eigenvalue weighted by atomic mass is 10.4. The molecule has 0 saturated heterocycles. The Morgan fingerprint density at radius 2 is 1.90 bits per heavy atom. The lowest BCUT2D eigenvalue weighted by Crippen LogP contribution is -2.34. The van der Waals surface area contributed by atoms with Gasteiger partial charge in [0.05, 0.1) is 0 Å². The predicted molar refractivity (Wildman–Crippen MR) is 76.5 cm³/mol. The molecule has 6 heteroatoms. The third kappa shape index (κ3) is 3.39. The van der Waals surface area contributed by atoms with Gasteiger partial charge < -0.3 is 4.90 Å². The van der Waals surface area contributed by atoms with E-state index >= 15 is 0 Å². The molecule has 2 aromatic rings. The van der Waals surface area contributed by atoms with Crippen LogP contribution in [0.15, 0.2) is 46.5 Å². The van der Waals surface area contributed by atoms with Gasteiger partial charge in [0, 0.05) is 24.2 Å². The predicted octanol–water partition coefficient (Wildman–Crippen LogP) is 3.48. The summed E-state index contributed by atoms with van der Waals surface area (Å²) in [6.45, 7) is 5.16. The van der Waals surface area contributed by atoms with Crippen LogP contribution in [0.2, 0.25) is 0 Å². The number of amides is 1. The molecule has 0 fully saturated rings. The van der Waals surface area contributed by atoms with Crippen LogP contribution in [0.5, 0.6) is 0 Å². The van der Waals surface area contributed by atoms with Crippen molar-refractivity contribution in [3.05, 3.63) is 42.3 Å². The van der Waals surface area contributed by atoms with E-state index in [1.807, 2.05) is 13.8 Å². The van der Waals surface area contributed by atoms with Gasteiger partial charge in [-0.3, -0.25) is 0 Å². The molecular formula is C14H16FN3OS. The second-order valence-corrected chi connectivity index (χ2v) is 5.20. The van der Waals surface area contributed by atoms with E-state index in [2.05, 4.69) is 5.10 Å². The van der Waals surface area contributed by atoms with Gasteiger partial charge in [-0.05, 0) is 44.2 Å². The summed E-state index contributed by atoms with van der Waals surface area (Å²) in [4.78, 5) is 14.7. The van der Waals surface area contributed by atoms with E-state index in [9.17, 15) is 9.18 Å². The molecule has 0 radical (unpaired) electrons. The molecule has 2 rings (SSSR count). The summed E-state index contributed by atoms with van der Waals surface area (Å²) < 4.78 is 14.2. The van der Waals surface area contributed by atoms with Crippen molar-refractivity contribution in [3.63, 3.8) is 0 Å². The Bertz CT molecular complexity index is 578. The first-order chi connectivity index (χ1) is 9.63. The molecule has 20 heavy (non-hydrogen) atoms. The Hall–Kier alpha value is -1.82. The first-order valence-corrected chi connectivity index (χ1v) is 7.24.